The highest BCUT2D eigenvalue weighted by molar-refractivity contribution is 5.95. The second-order valence-corrected chi connectivity index (χ2v) is 7.34. The molecule has 2 heteroatoms. The number of benzene rings is 1. The van der Waals surface area contributed by atoms with E-state index in [9.17, 15) is 4.79 Å². The van der Waals surface area contributed by atoms with E-state index >= 15 is 0 Å². The Hall–Kier alpha value is -1.31. The van der Waals surface area contributed by atoms with Crippen LogP contribution in [0.25, 0.3) is 0 Å². The molecule has 2 nitrogen and oxygen atoms in total. The van der Waals surface area contributed by atoms with E-state index in [0.717, 1.165) is 18.7 Å². The molecule has 1 aromatic rings. The molecule has 1 saturated heterocycles. The highest BCUT2D eigenvalue weighted by Gasteiger charge is 2.48. The van der Waals surface area contributed by atoms with Gasteiger partial charge in [-0.25, -0.2) is 0 Å². The molecule has 19 heavy (non-hydrogen) atoms. The maximum absolute atomic E-state index is 12.3. The predicted molar refractivity (Wildman–Crippen MR) is 77.3 cm³/mol. The number of rotatable bonds is 1. The molecule has 1 aliphatic carbocycles. The minimum atomic E-state index is 0.147. The molecule has 0 atom stereocenters. The van der Waals surface area contributed by atoms with Gasteiger partial charge in [-0.2, -0.15) is 0 Å². The van der Waals surface area contributed by atoms with E-state index in [-0.39, 0.29) is 11.3 Å². The van der Waals surface area contributed by atoms with Gasteiger partial charge in [0, 0.05) is 24.1 Å². The Morgan fingerprint density at radius 1 is 1.11 bits per heavy atom. The number of amides is 1. The van der Waals surface area contributed by atoms with E-state index in [1.807, 2.05) is 17.0 Å². The highest BCUT2D eigenvalue weighted by Crippen LogP contribution is 2.48. The molecule has 1 saturated carbocycles. The zero-order valence-corrected chi connectivity index (χ0v) is 12.2. The van der Waals surface area contributed by atoms with Gasteiger partial charge in [-0.1, -0.05) is 39.3 Å². The van der Waals surface area contributed by atoms with Gasteiger partial charge in [0.15, 0.2) is 0 Å². The number of carbonyl (C=O) groups is 1. The normalized spacial score (nSPS) is 20.9. The van der Waals surface area contributed by atoms with Crippen molar-refractivity contribution in [3.8, 4) is 0 Å². The smallest absolute Gasteiger partial charge is 0.253 e. The van der Waals surface area contributed by atoms with E-state index in [1.54, 1.807) is 0 Å². The van der Waals surface area contributed by atoms with Crippen LogP contribution in [-0.4, -0.2) is 23.9 Å². The van der Waals surface area contributed by atoms with Gasteiger partial charge in [0.1, 0.15) is 0 Å². The average Bonchev–Trinajstić information content (AvgIpc) is 2.24. The fourth-order valence-electron chi connectivity index (χ4n) is 3.20. The fourth-order valence-corrected chi connectivity index (χ4v) is 3.20. The van der Waals surface area contributed by atoms with Gasteiger partial charge >= 0.3 is 0 Å². The van der Waals surface area contributed by atoms with E-state index in [4.69, 9.17) is 0 Å². The van der Waals surface area contributed by atoms with E-state index in [1.165, 1.54) is 24.8 Å². The summed E-state index contributed by atoms with van der Waals surface area (Å²) < 4.78 is 0. The van der Waals surface area contributed by atoms with Crippen molar-refractivity contribution in [1.82, 2.24) is 4.90 Å². The average molecular weight is 257 g/mol. The summed E-state index contributed by atoms with van der Waals surface area (Å²) in [6.45, 7) is 8.54. The second kappa shape index (κ2) is 4.09. The number of likely N-dealkylation sites (tertiary alicyclic amines) is 1. The van der Waals surface area contributed by atoms with E-state index < -0.39 is 0 Å². The van der Waals surface area contributed by atoms with Gasteiger partial charge in [-0.15, -0.1) is 0 Å². The number of hydrogen-bond acceptors (Lipinski definition) is 1. The van der Waals surface area contributed by atoms with Crippen LogP contribution in [0.15, 0.2) is 24.3 Å². The van der Waals surface area contributed by atoms with Crippen molar-refractivity contribution in [1.29, 1.82) is 0 Å². The van der Waals surface area contributed by atoms with Gasteiger partial charge in [0.25, 0.3) is 5.91 Å². The molecule has 3 rings (SSSR count). The molecule has 1 aliphatic heterocycles. The summed E-state index contributed by atoms with van der Waals surface area (Å²) >= 11 is 0. The van der Waals surface area contributed by atoms with Crippen molar-refractivity contribution >= 4 is 5.91 Å². The largest absolute Gasteiger partial charge is 0.337 e. The number of nitrogens with zero attached hydrogens (tertiary/aromatic N) is 1. The third-order valence-electron chi connectivity index (χ3n) is 4.75. The summed E-state index contributed by atoms with van der Waals surface area (Å²) in [7, 11) is 0. The van der Waals surface area contributed by atoms with Crippen molar-refractivity contribution < 1.29 is 4.79 Å². The third-order valence-corrected chi connectivity index (χ3v) is 4.75. The van der Waals surface area contributed by atoms with Gasteiger partial charge in [-0.05, 0) is 36.0 Å². The SMILES string of the molecule is CC(C)(C)c1ccc(C(=O)N2CC3(CCC3)C2)cc1. The lowest BCUT2D eigenvalue weighted by Gasteiger charge is -2.55. The number of carbonyl (C=O) groups excluding carboxylic acids is 1. The Morgan fingerprint density at radius 2 is 1.68 bits per heavy atom. The van der Waals surface area contributed by atoms with Crippen molar-refractivity contribution in [2.45, 2.75) is 45.4 Å². The third kappa shape index (κ3) is 2.18. The molecule has 0 N–H and O–H groups in total. The fraction of sp³-hybridized carbons (Fsp3) is 0.588. The maximum atomic E-state index is 12.3. The first-order valence-electron chi connectivity index (χ1n) is 7.30. The highest BCUT2D eigenvalue weighted by atomic mass is 16.2. The van der Waals surface area contributed by atoms with Crippen LogP contribution in [0.1, 0.15) is 56.0 Å². The summed E-state index contributed by atoms with van der Waals surface area (Å²) in [6, 6.07) is 8.14. The Labute approximate surface area is 115 Å². The van der Waals surface area contributed by atoms with Crippen LogP contribution < -0.4 is 0 Å². The van der Waals surface area contributed by atoms with Crippen LogP contribution in [-0.2, 0) is 5.41 Å². The Kier molecular flexibility index (Phi) is 2.74. The molecule has 0 bridgehead atoms. The van der Waals surface area contributed by atoms with E-state index in [0.29, 0.717) is 5.41 Å². The lowest BCUT2D eigenvalue weighted by molar-refractivity contribution is -0.0426. The topological polar surface area (TPSA) is 20.3 Å². The standard InChI is InChI=1S/C17H23NO/c1-16(2,3)14-7-5-13(6-8-14)15(19)18-11-17(12-18)9-4-10-17/h5-8H,4,9-12H2,1-3H3. The van der Waals surface area contributed by atoms with Gasteiger partial charge in [0.05, 0.1) is 0 Å². The lowest BCUT2D eigenvalue weighted by atomic mass is 9.63. The van der Waals surface area contributed by atoms with Crippen LogP contribution in [0.4, 0.5) is 0 Å². The Morgan fingerprint density at radius 3 is 2.11 bits per heavy atom. The van der Waals surface area contributed by atoms with Crippen molar-refractivity contribution in [3.63, 3.8) is 0 Å². The van der Waals surface area contributed by atoms with Crippen molar-refractivity contribution in [3.05, 3.63) is 35.4 Å². The minimum Gasteiger partial charge on any atom is -0.337 e. The summed E-state index contributed by atoms with van der Waals surface area (Å²) in [5.41, 5.74) is 2.78. The first-order valence-corrected chi connectivity index (χ1v) is 7.30. The predicted octanol–water partition coefficient (Wildman–Crippen LogP) is 3.61. The summed E-state index contributed by atoms with van der Waals surface area (Å²) in [5.74, 6) is 0.206. The molecule has 2 fully saturated rings. The molecule has 0 radical (unpaired) electrons. The lowest BCUT2D eigenvalue weighted by Crippen LogP contribution is -2.61. The molecule has 2 aliphatic rings. The molecule has 1 heterocycles. The van der Waals surface area contributed by atoms with Gasteiger partial charge in [-0.3, -0.25) is 4.79 Å². The van der Waals surface area contributed by atoms with Gasteiger partial charge in [0.2, 0.25) is 0 Å². The first-order chi connectivity index (χ1) is 8.90. The van der Waals surface area contributed by atoms with Crippen LogP contribution in [0.3, 0.4) is 0 Å². The van der Waals surface area contributed by atoms with Crippen LogP contribution in [0.5, 0.6) is 0 Å². The molecule has 1 amide bonds. The number of hydrogen-bond donors (Lipinski definition) is 0. The van der Waals surface area contributed by atoms with Gasteiger partial charge < -0.3 is 4.90 Å². The zero-order valence-electron chi connectivity index (χ0n) is 12.2. The summed E-state index contributed by atoms with van der Waals surface area (Å²) in [6.07, 6.45) is 3.99. The Bertz CT molecular complexity index is 483. The summed E-state index contributed by atoms with van der Waals surface area (Å²) in [5, 5.41) is 0. The van der Waals surface area contributed by atoms with Crippen LogP contribution in [0.2, 0.25) is 0 Å². The molecular weight excluding hydrogens is 234 g/mol. The molecule has 102 valence electrons. The molecular formula is C17H23NO. The molecule has 1 aromatic carbocycles. The van der Waals surface area contributed by atoms with Crippen molar-refractivity contribution in [2.75, 3.05) is 13.1 Å². The summed E-state index contributed by atoms with van der Waals surface area (Å²) in [4.78, 5) is 14.3. The van der Waals surface area contributed by atoms with Crippen LogP contribution in [0, 0.1) is 5.41 Å². The minimum absolute atomic E-state index is 0.147. The second-order valence-electron chi connectivity index (χ2n) is 7.34. The van der Waals surface area contributed by atoms with Crippen molar-refractivity contribution in [2.24, 2.45) is 5.41 Å². The quantitative estimate of drug-likeness (QED) is 0.752. The monoisotopic (exact) mass is 257 g/mol. The molecule has 1 spiro atoms. The van der Waals surface area contributed by atoms with Crippen LogP contribution >= 0.6 is 0 Å². The molecule has 0 aromatic heterocycles. The molecule has 0 unspecified atom stereocenters. The Balaban J connectivity index is 1.67. The van der Waals surface area contributed by atoms with E-state index in [2.05, 4.69) is 32.9 Å². The maximum Gasteiger partial charge on any atom is 0.253 e. The first kappa shape index (κ1) is 12.7. The zero-order chi connectivity index (χ0) is 13.7.